The van der Waals surface area contributed by atoms with Gasteiger partial charge in [0.25, 0.3) is 0 Å². The molecule has 1 aliphatic rings. The summed E-state index contributed by atoms with van der Waals surface area (Å²) in [5.41, 5.74) is 1.40. The number of ether oxygens (including phenoxy) is 1. The molecular weight excluding hydrogens is 258 g/mol. The van der Waals surface area contributed by atoms with E-state index in [-0.39, 0.29) is 17.8 Å². The van der Waals surface area contributed by atoms with Crippen molar-refractivity contribution in [1.29, 1.82) is 0 Å². The maximum Gasteiger partial charge on any atom is 0.313 e. The first-order valence-electron chi connectivity index (χ1n) is 6.74. The highest BCUT2D eigenvalue weighted by Crippen LogP contribution is 2.24. The molecule has 2 heterocycles. The highest BCUT2D eigenvalue weighted by atomic mass is 16.5. The van der Waals surface area contributed by atoms with Crippen molar-refractivity contribution in [2.45, 2.75) is 33.9 Å². The summed E-state index contributed by atoms with van der Waals surface area (Å²) in [5, 5.41) is 3.82. The second-order valence-corrected chi connectivity index (χ2v) is 5.06. The summed E-state index contributed by atoms with van der Waals surface area (Å²) in [4.78, 5) is 20.8. The molecule has 1 aromatic rings. The Balaban J connectivity index is 2.19. The summed E-state index contributed by atoms with van der Waals surface area (Å²) < 4.78 is 10.3. The lowest BCUT2D eigenvalue weighted by Crippen LogP contribution is -2.31. The minimum atomic E-state index is -0.450. The summed E-state index contributed by atoms with van der Waals surface area (Å²) in [7, 11) is 0. The van der Waals surface area contributed by atoms with Gasteiger partial charge in [0.15, 0.2) is 11.9 Å². The Kier molecular flexibility index (Phi) is 4.32. The summed E-state index contributed by atoms with van der Waals surface area (Å²) in [5.74, 6) is 0.0204. The van der Waals surface area contributed by atoms with Crippen molar-refractivity contribution in [3.8, 4) is 0 Å². The molecule has 2 unspecified atom stereocenters. The highest BCUT2D eigenvalue weighted by Gasteiger charge is 2.34. The number of aromatic nitrogens is 1. The van der Waals surface area contributed by atoms with E-state index in [2.05, 4.69) is 15.1 Å². The Morgan fingerprint density at radius 1 is 1.50 bits per heavy atom. The number of carbonyl (C=O) groups is 1. The van der Waals surface area contributed by atoms with Crippen molar-refractivity contribution >= 4 is 17.9 Å². The van der Waals surface area contributed by atoms with Crippen molar-refractivity contribution in [3.05, 3.63) is 17.5 Å². The molecule has 0 aromatic carbocycles. The molecule has 0 saturated carbocycles. The Hall–Kier alpha value is -1.98. The number of aliphatic imine (C=N–C) groups is 2. The first-order chi connectivity index (χ1) is 9.52. The van der Waals surface area contributed by atoms with Gasteiger partial charge in [-0.3, -0.25) is 14.8 Å². The Morgan fingerprint density at radius 2 is 2.25 bits per heavy atom. The van der Waals surface area contributed by atoms with Crippen LogP contribution in [0.1, 0.15) is 32.2 Å². The highest BCUT2D eigenvalue weighted by molar-refractivity contribution is 6.38. The van der Waals surface area contributed by atoms with E-state index in [0.717, 1.165) is 5.69 Å². The van der Waals surface area contributed by atoms with Gasteiger partial charge in [-0.1, -0.05) is 19.0 Å². The van der Waals surface area contributed by atoms with Crippen LogP contribution in [-0.2, 0) is 9.53 Å². The molecule has 1 aliphatic heterocycles. The quantitative estimate of drug-likeness (QED) is 0.771. The Bertz CT molecular complexity index is 546. The molecule has 2 rings (SSSR count). The van der Waals surface area contributed by atoms with Gasteiger partial charge in [0.05, 0.1) is 18.5 Å². The predicted octanol–water partition coefficient (Wildman–Crippen LogP) is 2.02. The van der Waals surface area contributed by atoms with Crippen LogP contribution < -0.4 is 0 Å². The predicted molar refractivity (Wildman–Crippen MR) is 75.0 cm³/mol. The van der Waals surface area contributed by atoms with Gasteiger partial charge in [-0.25, -0.2) is 0 Å². The maximum atomic E-state index is 12.0. The van der Waals surface area contributed by atoms with Crippen LogP contribution in [0.3, 0.4) is 0 Å². The maximum absolute atomic E-state index is 12.0. The molecule has 108 valence electrons. The number of hydrogen-bond acceptors (Lipinski definition) is 6. The van der Waals surface area contributed by atoms with Crippen LogP contribution in [-0.4, -0.2) is 35.8 Å². The van der Waals surface area contributed by atoms with Crippen molar-refractivity contribution in [3.63, 3.8) is 0 Å². The van der Waals surface area contributed by atoms with Crippen LogP contribution in [0.25, 0.3) is 0 Å². The Labute approximate surface area is 117 Å². The lowest BCUT2D eigenvalue weighted by Gasteiger charge is -2.21. The third-order valence-electron chi connectivity index (χ3n) is 3.10. The summed E-state index contributed by atoms with van der Waals surface area (Å²) in [6.45, 7) is 7.91. The van der Waals surface area contributed by atoms with Gasteiger partial charge in [0.2, 0.25) is 0 Å². The average molecular weight is 277 g/mol. The van der Waals surface area contributed by atoms with Gasteiger partial charge in [0, 0.05) is 6.07 Å². The number of rotatable bonds is 5. The Morgan fingerprint density at radius 3 is 2.80 bits per heavy atom. The number of hydrogen-bond donors (Lipinski definition) is 0. The number of carbonyl (C=O) groups excluding carboxylic acids is 1. The van der Waals surface area contributed by atoms with Crippen molar-refractivity contribution in [1.82, 2.24) is 5.16 Å². The molecule has 0 N–H and O–H groups in total. The standard InChI is InChI=1S/C14H19N3O3/c1-5-19-14(18)12(8(2)3)13-15-7-10(16-13)11-6-9(4)17-20-11/h6-8,12-13H,5H2,1-4H3. The minimum absolute atomic E-state index is 0.0933. The first-order valence-corrected chi connectivity index (χ1v) is 6.74. The lowest BCUT2D eigenvalue weighted by molar-refractivity contribution is -0.150. The molecule has 0 saturated heterocycles. The molecule has 0 aliphatic carbocycles. The van der Waals surface area contributed by atoms with Crippen LogP contribution in [0.2, 0.25) is 0 Å². The molecule has 0 spiro atoms. The van der Waals surface area contributed by atoms with E-state index in [0.29, 0.717) is 18.1 Å². The van der Waals surface area contributed by atoms with Crippen LogP contribution in [0, 0.1) is 18.8 Å². The van der Waals surface area contributed by atoms with E-state index in [1.54, 1.807) is 19.2 Å². The first kappa shape index (κ1) is 14.4. The van der Waals surface area contributed by atoms with Crippen LogP contribution >= 0.6 is 0 Å². The molecule has 2 atom stereocenters. The van der Waals surface area contributed by atoms with Gasteiger partial charge < -0.3 is 9.26 Å². The largest absolute Gasteiger partial charge is 0.466 e. The van der Waals surface area contributed by atoms with Crippen molar-refractivity contribution < 1.29 is 14.1 Å². The number of nitrogens with zero attached hydrogens (tertiary/aromatic N) is 3. The van der Waals surface area contributed by atoms with E-state index >= 15 is 0 Å². The molecule has 6 nitrogen and oxygen atoms in total. The zero-order valence-electron chi connectivity index (χ0n) is 12.2. The van der Waals surface area contributed by atoms with Gasteiger partial charge >= 0.3 is 5.97 Å². The number of aryl methyl sites for hydroxylation is 1. The third-order valence-corrected chi connectivity index (χ3v) is 3.10. The van der Waals surface area contributed by atoms with Crippen LogP contribution in [0.4, 0.5) is 0 Å². The van der Waals surface area contributed by atoms with Crippen molar-refractivity contribution in [2.75, 3.05) is 6.61 Å². The third kappa shape index (κ3) is 2.95. The van der Waals surface area contributed by atoms with E-state index in [4.69, 9.17) is 9.26 Å². The van der Waals surface area contributed by atoms with Gasteiger partial charge in [-0.15, -0.1) is 0 Å². The minimum Gasteiger partial charge on any atom is -0.466 e. The molecule has 0 amide bonds. The van der Waals surface area contributed by atoms with Gasteiger partial charge in [-0.05, 0) is 19.8 Å². The summed E-state index contributed by atoms with van der Waals surface area (Å²) in [6.07, 6.45) is 1.17. The molecular formula is C14H19N3O3. The average Bonchev–Trinajstić information content (AvgIpc) is 2.98. The van der Waals surface area contributed by atoms with Gasteiger partial charge in [0.1, 0.15) is 11.6 Å². The summed E-state index contributed by atoms with van der Waals surface area (Å²) in [6, 6.07) is 1.79. The van der Waals surface area contributed by atoms with Crippen molar-refractivity contribution in [2.24, 2.45) is 21.8 Å². The molecule has 1 aromatic heterocycles. The van der Waals surface area contributed by atoms with Crippen LogP contribution in [0.15, 0.2) is 20.6 Å². The zero-order chi connectivity index (χ0) is 14.7. The van der Waals surface area contributed by atoms with E-state index in [9.17, 15) is 4.79 Å². The fraction of sp³-hybridized carbons (Fsp3) is 0.571. The fourth-order valence-corrected chi connectivity index (χ4v) is 2.12. The SMILES string of the molecule is CCOC(=O)C(C(C)C)C1N=CC(c2cc(C)no2)=N1. The lowest BCUT2D eigenvalue weighted by atomic mass is 9.93. The normalized spacial score (nSPS) is 19.2. The second kappa shape index (κ2) is 5.98. The molecule has 0 fully saturated rings. The topological polar surface area (TPSA) is 77.0 Å². The number of esters is 1. The summed E-state index contributed by atoms with van der Waals surface area (Å²) >= 11 is 0. The second-order valence-electron chi connectivity index (χ2n) is 5.06. The zero-order valence-corrected chi connectivity index (χ0v) is 12.2. The van der Waals surface area contributed by atoms with Crippen LogP contribution in [0.5, 0.6) is 0 Å². The molecule has 6 heteroatoms. The van der Waals surface area contributed by atoms with Gasteiger partial charge in [-0.2, -0.15) is 0 Å². The van der Waals surface area contributed by atoms with E-state index in [1.807, 2.05) is 20.8 Å². The molecule has 0 radical (unpaired) electrons. The van der Waals surface area contributed by atoms with E-state index < -0.39 is 6.17 Å². The van der Waals surface area contributed by atoms with E-state index in [1.165, 1.54) is 0 Å². The molecule has 20 heavy (non-hydrogen) atoms. The smallest absolute Gasteiger partial charge is 0.313 e. The molecule has 0 bridgehead atoms. The fourth-order valence-electron chi connectivity index (χ4n) is 2.12. The monoisotopic (exact) mass is 277 g/mol.